The van der Waals surface area contributed by atoms with Crippen molar-refractivity contribution in [3.8, 4) is 11.1 Å². The van der Waals surface area contributed by atoms with Crippen LogP contribution in [0.2, 0.25) is 5.15 Å². The zero-order valence-corrected chi connectivity index (χ0v) is 18.2. The van der Waals surface area contributed by atoms with Gasteiger partial charge in [-0.05, 0) is 53.9 Å². The molecule has 0 amide bonds. The molecule has 0 aliphatic heterocycles. The van der Waals surface area contributed by atoms with Crippen LogP contribution in [0.3, 0.4) is 0 Å². The van der Waals surface area contributed by atoms with Crippen molar-refractivity contribution in [1.29, 1.82) is 0 Å². The number of halogens is 1. The number of aliphatic carboxylic acids is 1. The van der Waals surface area contributed by atoms with E-state index >= 15 is 0 Å². The molecule has 0 spiro atoms. The summed E-state index contributed by atoms with van der Waals surface area (Å²) in [4.78, 5) is 15.5. The fourth-order valence-electron chi connectivity index (χ4n) is 3.36. The minimum Gasteiger partial charge on any atom is -0.480 e. The summed E-state index contributed by atoms with van der Waals surface area (Å²) in [6.07, 6.45) is 1.66. The normalized spacial score (nSPS) is 13.2. The number of aromatic nitrogens is 1. The molecule has 0 unspecified atom stereocenters. The van der Waals surface area contributed by atoms with Gasteiger partial charge in [0.1, 0.15) is 22.4 Å². The maximum atomic E-state index is 12.8. The summed E-state index contributed by atoms with van der Waals surface area (Å²) in [6.45, 7) is 3.28. The maximum absolute atomic E-state index is 12.8. The van der Waals surface area contributed by atoms with Gasteiger partial charge in [-0.15, -0.1) is 0 Å². The summed E-state index contributed by atoms with van der Waals surface area (Å²) in [5, 5.41) is 11.1. The monoisotopic (exact) mass is 458 g/mol. The lowest BCUT2D eigenvalue weighted by atomic mass is 10.1. The first kappa shape index (κ1) is 21.3. The third-order valence-electron chi connectivity index (χ3n) is 5.03. The molecule has 31 heavy (non-hydrogen) atoms. The van der Waals surface area contributed by atoms with E-state index in [9.17, 15) is 18.3 Å². The number of rotatable bonds is 6. The van der Waals surface area contributed by atoms with Crippen molar-refractivity contribution < 1.29 is 22.7 Å². The van der Waals surface area contributed by atoms with Crippen molar-refractivity contribution in [2.45, 2.75) is 24.8 Å². The Morgan fingerprint density at radius 3 is 2.42 bits per heavy atom. The van der Waals surface area contributed by atoms with Crippen LogP contribution in [-0.2, 0) is 14.8 Å². The van der Waals surface area contributed by atoms with Gasteiger partial charge in [-0.2, -0.15) is 4.72 Å². The van der Waals surface area contributed by atoms with E-state index in [4.69, 9.17) is 16.0 Å². The molecule has 0 radical (unpaired) electrons. The van der Waals surface area contributed by atoms with E-state index in [2.05, 4.69) is 9.71 Å². The van der Waals surface area contributed by atoms with Gasteiger partial charge in [0.15, 0.2) is 0 Å². The number of nitrogens with zero attached hydrogens (tertiary/aromatic N) is 1. The van der Waals surface area contributed by atoms with E-state index in [0.29, 0.717) is 21.7 Å². The number of carbonyl (C=O) groups is 1. The number of carboxylic acids is 1. The molecule has 2 heterocycles. The van der Waals surface area contributed by atoms with E-state index < -0.39 is 28.0 Å². The standard InChI is InChI=1S/C22H19ClN2O5S/c1-12(2)21(22(26)27)25-31(28,29)15-5-7-18-17(10-15)16-6-3-13(9-19(16)30-18)14-4-8-20(23)24-11-14/h3-12,21,25H,1-2H3,(H,26,27)/t21-/m1/s1. The highest BCUT2D eigenvalue weighted by atomic mass is 35.5. The molecule has 4 rings (SSSR count). The lowest BCUT2D eigenvalue weighted by Crippen LogP contribution is -2.44. The van der Waals surface area contributed by atoms with Gasteiger partial charge in [0.05, 0.1) is 4.90 Å². The fourth-order valence-corrected chi connectivity index (χ4v) is 4.83. The number of benzene rings is 2. The molecule has 0 fully saturated rings. The fraction of sp³-hybridized carbons (Fsp3) is 0.182. The zero-order valence-electron chi connectivity index (χ0n) is 16.7. The Balaban J connectivity index is 1.76. The van der Waals surface area contributed by atoms with E-state index in [1.165, 1.54) is 12.1 Å². The molecule has 4 aromatic rings. The Bertz CT molecular complexity index is 1390. The Morgan fingerprint density at radius 2 is 1.77 bits per heavy atom. The summed E-state index contributed by atoms with van der Waals surface area (Å²) < 4.78 is 33.8. The number of carboxylic acid groups (broad SMARTS) is 1. The minimum absolute atomic E-state index is 0.0272. The van der Waals surface area contributed by atoms with Crippen molar-refractivity contribution in [3.63, 3.8) is 0 Å². The summed E-state index contributed by atoms with van der Waals surface area (Å²) in [5.74, 6) is -1.64. The average molecular weight is 459 g/mol. The number of pyridine rings is 1. The highest BCUT2D eigenvalue weighted by Gasteiger charge is 2.28. The lowest BCUT2D eigenvalue weighted by Gasteiger charge is -2.17. The second kappa shape index (κ2) is 7.96. The molecular weight excluding hydrogens is 440 g/mol. The van der Waals surface area contributed by atoms with Crippen molar-refractivity contribution in [2.75, 3.05) is 0 Å². The molecule has 1 atom stereocenters. The van der Waals surface area contributed by atoms with Gasteiger partial charge < -0.3 is 9.52 Å². The highest BCUT2D eigenvalue weighted by molar-refractivity contribution is 7.89. The van der Waals surface area contributed by atoms with Crippen LogP contribution in [0.25, 0.3) is 33.1 Å². The Kier molecular flexibility index (Phi) is 5.47. The first-order valence-corrected chi connectivity index (χ1v) is 11.4. The molecule has 2 aromatic carbocycles. The van der Waals surface area contributed by atoms with Crippen LogP contribution in [-0.4, -0.2) is 30.5 Å². The van der Waals surface area contributed by atoms with Crippen LogP contribution in [0.4, 0.5) is 0 Å². The SMILES string of the molecule is CC(C)[C@@H](NS(=O)(=O)c1ccc2oc3cc(-c4ccc(Cl)nc4)ccc3c2c1)C(=O)O. The highest BCUT2D eigenvalue weighted by Crippen LogP contribution is 2.33. The lowest BCUT2D eigenvalue weighted by molar-refractivity contribution is -0.140. The minimum atomic E-state index is -4.04. The number of nitrogens with one attached hydrogen (secondary N) is 1. The smallest absolute Gasteiger partial charge is 0.322 e. The predicted octanol–water partition coefficient (Wildman–Crippen LogP) is 4.69. The van der Waals surface area contributed by atoms with E-state index in [1.807, 2.05) is 24.3 Å². The average Bonchev–Trinajstić information content (AvgIpc) is 3.09. The molecule has 0 aliphatic rings. The third-order valence-corrected chi connectivity index (χ3v) is 6.69. The third kappa shape index (κ3) is 4.14. The Morgan fingerprint density at radius 1 is 1.03 bits per heavy atom. The maximum Gasteiger partial charge on any atom is 0.322 e. The molecule has 0 bridgehead atoms. The number of sulfonamides is 1. The molecular formula is C22H19ClN2O5S. The van der Waals surface area contributed by atoms with Crippen molar-refractivity contribution in [2.24, 2.45) is 5.92 Å². The molecule has 9 heteroatoms. The predicted molar refractivity (Wildman–Crippen MR) is 119 cm³/mol. The van der Waals surface area contributed by atoms with Crippen molar-refractivity contribution in [3.05, 3.63) is 59.9 Å². The Hall–Kier alpha value is -2.94. The largest absolute Gasteiger partial charge is 0.480 e. The van der Waals surface area contributed by atoms with Crippen molar-refractivity contribution in [1.82, 2.24) is 9.71 Å². The summed E-state index contributed by atoms with van der Waals surface area (Å²) in [7, 11) is -4.04. The van der Waals surface area contributed by atoms with E-state index in [0.717, 1.165) is 16.5 Å². The van der Waals surface area contributed by atoms with Gasteiger partial charge in [-0.3, -0.25) is 4.79 Å². The first-order valence-electron chi connectivity index (χ1n) is 9.49. The van der Waals surface area contributed by atoms with Crippen molar-refractivity contribution >= 4 is 49.5 Å². The van der Waals surface area contributed by atoms with Gasteiger partial charge in [-0.25, -0.2) is 13.4 Å². The van der Waals surface area contributed by atoms with Gasteiger partial charge in [0, 0.05) is 22.5 Å². The quantitative estimate of drug-likeness (QED) is 0.406. The number of fused-ring (bicyclic) bond motifs is 3. The van der Waals surface area contributed by atoms with Gasteiger partial charge in [0.25, 0.3) is 0 Å². The molecule has 7 nitrogen and oxygen atoms in total. The second-order valence-corrected chi connectivity index (χ2v) is 9.62. The molecule has 160 valence electrons. The molecule has 2 N–H and O–H groups in total. The summed E-state index contributed by atoms with van der Waals surface area (Å²) in [6, 6.07) is 12.4. The van der Waals surface area contributed by atoms with Gasteiger partial charge in [-0.1, -0.05) is 31.5 Å². The zero-order chi connectivity index (χ0) is 22.3. The topological polar surface area (TPSA) is 110 Å². The number of hydrogen-bond donors (Lipinski definition) is 2. The molecule has 0 aliphatic carbocycles. The van der Waals surface area contributed by atoms with Crippen LogP contribution in [0, 0.1) is 5.92 Å². The molecule has 2 aromatic heterocycles. The number of furan rings is 1. The van der Waals surface area contributed by atoms with Crippen LogP contribution in [0.1, 0.15) is 13.8 Å². The number of hydrogen-bond acceptors (Lipinski definition) is 5. The van der Waals surface area contributed by atoms with Crippen LogP contribution >= 0.6 is 11.6 Å². The Labute approximate surface area is 183 Å². The van der Waals surface area contributed by atoms with Crippen LogP contribution in [0.5, 0.6) is 0 Å². The summed E-state index contributed by atoms with van der Waals surface area (Å²) >= 11 is 5.85. The van der Waals surface area contributed by atoms with Crippen LogP contribution in [0.15, 0.2) is 64.0 Å². The van der Waals surface area contributed by atoms with Gasteiger partial charge in [0.2, 0.25) is 10.0 Å². The van der Waals surface area contributed by atoms with Gasteiger partial charge >= 0.3 is 5.97 Å². The first-order chi connectivity index (χ1) is 14.7. The summed E-state index contributed by atoms with van der Waals surface area (Å²) in [5.41, 5.74) is 2.87. The van der Waals surface area contributed by atoms with Crippen LogP contribution < -0.4 is 4.72 Å². The van der Waals surface area contributed by atoms with E-state index in [1.54, 1.807) is 32.2 Å². The van der Waals surface area contributed by atoms with E-state index in [-0.39, 0.29) is 4.90 Å². The second-order valence-electron chi connectivity index (χ2n) is 7.52. The molecule has 0 saturated carbocycles. The molecule has 0 saturated heterocycles.